The van der Waals surface area contributed by atoms with Crippen LogP contribution in [0.1, 0.15) is 37.6 Å². The van der Waals surface area contributed by atoms with E-state index in [1.807, 2.05) is 30.3 Å². The zero-order valence-corrected chi connectivity index (χ0v) is 12.6. The summed E-state index contributed by atoms with van der Waals surface area (Å²) in [6.45, 7) is 6.63. The number of fused-ring (bicyclic) bond motifs is 1. The second kappa shape index (κ2) is 5.00. The summed E-state index contributed by atoms with van der Waals surface area (Å²) in [6.07, 6.45) is 1.06. The van der Waals surface area contributed by atoms with Crippen LogP contribution < -0.4 is 0 Å². The summed E-state index contributed by atoms with van der Waals surface area (Å²) >= 11 is 3.79. The van der Waals surface area contributed by atoms with Crippen LogP contribution in [0.3, 0.4) is 0 Å². The minimum atomic E-state index is -0.150. The molecule has 1 atom stereocenters. The third kappa shape index (κ3) is 2.31. The lowest BCUT2D eigenvalue weighted by molar-refractivity contribution is 0.347. The topological polar surface area (TPSA) is 0 Å². The second-order valence-electron chi connectivity index (χ2n) is 5.39. The Kier molecular flexibility index (Phi) is 3.76. The summed E-state index contributed by atoms with van der Waals surface area (Å²) in [6, 6.07) is 11.1. The number of halogens is 2. The Morgan fingerprint density at radius 3 is 2.33 bits per heavy atom. The zero-order chi connectivity index (χ0) is 13.3. The first-order valence-corrected chi connectivity index (χ1v) is 7.20. The number of benzene rings is 2. The molecule has 1 unspecified atom stereocenters. The fourth-order valence-corrected chi connectivity index (χ4v) is 2.83. The van der Waals surface area contributed by atoms with Crippen molar-refractivity contribution in [3.63, 3.8) is 0 Å². The Morgan fingerprint density at radius 2 is 1.72 bits per heavy atom. The highest BCUT2D eigenvalue weighted by atomic mass is 79.9. The van der Waals surface area contributed by atoms with E-state index in [1.165, 1.54) is 5.56 Å². The summed E-state index contributed by atoms with van der Waals surface area (Å²) in [4.78, 5) is 0.223. The Balaban J connectivity index is 2.62. The van der Waals surface area contributed by atoms with Gasteiger partial charge in [-0.1, -0.05) is 67.0 Å². The van der Waals surface area contributed by atoms with Crippen molar-refractivity contribution < 1.29 is 4.39 Å². The van der Waals surface area contributed by atoms with Crippen LogP contribution >= 0.6 is 15.9 Å². The first-order valence-electron chi connectivity index (χ1n) is 6.28. The maximum atomic E-state index is 13.8. The van der Waals surface area contributed by atoms with Crippen LogP contribution in [0.5, 0.6) is 0 Å². The molecule has 0 N–H and O–H groups in total. The molecule has 0 aliphatic rings. The Labute approximate surface area is 116 Å². The largest absolute Gasteiger partial charge is 0.206 e. The van der Waals surface area contributed by atoms with Gasteiger partial charge in [0, 0.05) is 10.2 Å². The predicted molar refractivity (Wildman–Crippen MR) is 79.6 cm³/mol. The minimum absolute atomic E-state index is 0.139. The molecular weight excluding hydrogens is 291 g/mol. The molecule has 0 saturated heterocycles. The molecule has 0 aromatic heterocycles. The average Bonchev–Trinajstić information content (AvgIpc) is 2.39. The van der Waals surface area contributed by atoms with Gasteiger partial charge in [-0.25, -0.2) is 4.39 Å². The molecule has 0 aliphatic heterocycles. The van der Waals surface area contributed by atoms with Crippen molar-refractivity contribution >= 4 is 26.7 Å². The molecule has 0 radical (unpaired) electrons. The number of hydrogen-bond donors (Lipinski definition) is 0. The van der Waals surface area contributed by atoms with Crippen molar-refractivity contribution in [2.24, 2.45) is 5.41 Å². The zero-order valence-electron chi connectivity index (χ0n) is 11.0. The first-order chi connectivity index (χ1) is 8.47. The molecule has 0 spiro atoms. The van der Waals surface area contributed by atoms with Crippen LogP contribution in [-0.4, -0.2) is 0 Å². The highest BCUT2D eigenvalue weighted by molar-refractivity contribution is 9.09. The molecule has 0 amide bonds. The van der Waals surface area contributed by atoms with E-state index in [-0.39, 0.29) is 16.1 Å². The Bertz CT molecular complexity index is 560. The van der Waals surface area contributed by atoms with Gasteiger partial charge in [0.25, 0.3) is 0 Å². The highest BCUT2D eigenvalue weighted by Gasteiger charge is 2.28. The van der Waals surface area contributed by atoms with Crippen LogP contribution in [0.25, 0.3) is 10.8 Å². The van der Waals surface area contributed by atoms with E-state index in [2.05, 4.69) is 36.7 Å². The van der Waals surface area contributed by atoms with E-state index in [0.29, 0.717) is 5.39 Å². The van der Waals surface area contributed by atoms with Gasteiger partial charge in [0.2, 0.25) is 0 Å². The van der Waals surface area contributed by atoms with E-state index in [4.69, 9.17) is 0 Å². The number of hydrogen-bond acceptors (Lipinski definition) is 0. The molecular formula is C16H18BrF. The van der Waals surface area contributed by atoms with Gasteiger partial charge in [-0.3, -0.25) is 0 Å². The summed E-state index contributed by atoms with van der Waals surface area (Å²) in [5.41, 5.74) is 1.31. The van der Waals surface area contributed by atoms with Gasteiger partial charge in [0.15, 0.2) is 0 Å². The molecule has 18 heavy (non-hydrogen) atoms. The van der Waals surface area contributed by atoms with Gasteiger partial charge >= 0.3 is 0 Å². The molecule has 2 aromatic carbocycles. The average molecular weight is 309 g/mol. The van der Waals surface area contributed by atoms with Crippen LogP contribution in [0.2, 0.25) is 0 Å². The highest BCUT2D eigenvalue weighted by Crippen LogP contribution is 2.45. The fraction of sp³-hybridized carbons (Fsp3) is 0.375. The van der Waals surface area contributed by atoms with E-state index in [9.17, 15) is 4.39 Å². The van der Waals surface area contributed by atoms with Gasteiger partial charge in [0.05, 0.1) is 0 Å². The van der Waals surface area contributed by atoms with Crippen molar-refractivity contribution in [2.45, 2.75) is 32.0 Å². The predicted octanol–water partition coefficient (Wildman–Crippen LogP) is 5.85. The van der Waals surface area contributed by atoms with Gasteiger partial charge in [0.1, 0.15) is 5.82 Å². The third-order valence-corrected chi connectivity index (χ3v) is 5.51. The van der Waals surface area contributed by atoms with E-state index >= 15 is 0 Å². The van der Waals surface area contributed by atoms with E-state index < -0.39 is 0 Å². The molecule has 2 rings (SSSR count). The molecule has 2 heteroatoms. The molecule has 0 nitrogen and oxygen atoms in total. The molecule has 0 aliphatic carbocycles. The lowest BCUT2D eigenvalue weighted by atomic mass is 9.82. The lowest BCUT2D eigenvalue weighted by Gasteiger charge is -2.30. The summed E-state index contributed by atoms with van der Waals surface area (Å²) in [5, 5.41) is 1.70. The monoisotopic (exact) mass is 308 g/mol. The standard InChI is InChI=1S/C16H18BrF/c1-4-16(2,3)15(17)13-9-10-14(18)12-8-6-5-7-11(12)13/h5-10,15H,4H2,1-3H3. The van der Waals surface area contributed by atoms with Gasteiger partial charge < -0.3 is 0 Å². The Hall–Kier alpha value is -0.890. The van der Waals surface area contributed by atoms with Crippen LogP contribution in [-0.2, 0) is 0 Å². The maximum absolute atomic E-state index is 13.8. The maximum Gasteiger partial charge on any atom is 0.131 e. The quantitative estimate of drug-likeness (QED) is 0.624. The minimum Gasteiger partial charge on any atom is -0.206 e. The van der Waals surface area contributed by atoms with E-state index in [0.717, 1.165) is 11.8 Å². The summed E-state index contributed by atoms with van der Waals surface area (Å²) < 4.78 is 13.8. The number of rotatable bonds is 3. The summed E-state index contributed by atoms with van der Waals surface area (Å²) in [5.74, 6) is -0.150. The molecule has 0 heterocycles. The van der Waals surface area contributed by atoms with Crippen LogP contribution in [0.4, 0.5) is 4.39 Å². The van der Waals surface area contributed by atoms with Crippen LogP contribution in [0, 0.1) is 11.2 Å². The van der Waals surface area contributed by atoms with Crippen LogP contribution in [0.15, 0.2) is 36.4 Å². The van der Waals surface area contributed by atoms with Gasteiger partial charge in [-0.05, 0) is 28.9 Å². The molecule has 0 saturated carbocycles. The first kappa shape index (κ1) is 13.5. The molecule has 0 fully saturated rings. The Morgan fingerprint density at radius 1 is 1.11 bits per heavy atom. The molecule has 0 bridgehead atoms. The normalized spacial score (nSPS) is 13.8. The SMILES string of the molecule is CCC(C)(C)C(Br)c1ccc(F)c2ccccc12. The van der Waals surface area contributed by atoms with Crippen molar-refractivity contribution in [3.8, 4) is 0 Å². The van der Waals surface area contributed by atoms with Crippen molar-refractivity contribution in [2.75, 3.05) is 0 Å². The van der Waals surface area contributed by atoms with Crippen molar-refractivity contribution in [3.05, 3.63) is 47.8 Å². The van der Waals surface area contributed by atoms with Gasteiger partial charge in [-0.2, -0.15) is 0 Å². The van der Waals surface area contributed by atoms with Crippen molar-refractivity contribution in [1.82, 2.24) is 0 Å². The van der Waals surface area contributed by atoms with E-state index in [1.54, 1.807) is 6.07 Å². The smallest absolute Gasteiger partial charge is 0.131 e. The van der Waals surface area contributed by atoms with Gasteiger partial charge in [-0.15, -0.1) is 0 Å². The molecule has 2 aromatic rings. The lowest BCUT2D eigenvalue weighted by Crippen LogP contribution is -2.16. The van der Waals surface area contributed by atoms with Crippen molar-refractivity contribution in [1.29, 1.82) is 0 Å². The second-order valence-corrected chi connectivity index (χ2v) is 6.30. The number of alkyl halides is 1. The fourth-order valence-electron chi connectivity index (χ4n) is 2.11. The summed E-state index contributed by atoms with van der Waals surface area (Å²) in [7, 11) is 0. The molecule has 96 valence electrons. The third-order valence-electron chi connectivity index (χ3n) is 3.77.